The molecule has 0 aliphatic rings. The van der Waals surface area contributed by atoms with Gasteiger partial charge in [-0.25, -0.2) is 0 Å². The van der Waals surface area contributed by atoms with Gasteiger partial charge in [-0.3, -0.25) is 9.59 Å². The molecule has 6 heteroatoms. The van der Waals surface area contributed by atoms with E-state index < -0.39 is 24.3 Å². The summed E-state index contributed by atoms with van der Waals surface area (Å²) in [7, 11) is 0. The zero-order valence-corrected chi connectivity index (χ0v) is 10.5. The molecule has 1 aromatic carbocycles. The van der Waals surface area contributed by atoms with Crippen molar-refractivity contribution in [3.63, 3.8) is 0 Å². The Hall–Kier alpha value is -1.56. The minimum Gasteiger partial charge on any atom is -0.481 e. The third-order valence-corrected chi connectivity index (χ3v) is 2.70. The van der Waals surface area contributed by atoms with Crippen LogP contribution >= 0.6 is 15.9 Å². The van der Waals surface area contributed by atoms with E-state index in [-0.39, 0.29) is 6.54 Å². The minimum absolute atomic E-state index is 0.0866. The topological polar surface area (TPSA) is 86.6 Å². The molecule has 0 radical (unpaired) electrons. The van der Waals surface area contributed by atoms with Gasteiger partial charge in [-0.05, 0) is 24.3 Å². The number of hydrogen-bond acceptors (Lipinski definition) is 3. The number of halogens is 1. The molecule has 0 aliphatic carbocycles. The fourth-order valence-electron chi connectivity index (χ4n) is 1.27. The van der Waals surface area contributed by atoms with Gasteiger partial charge in [-0.2, -0.15) is 0 Å². The molecule has 92 valence electrons. The molecule has 0 spiro atoms. The summed E-state index contributed by atoms with van der Waals surface area (Å²) in [5.41, 5.74) is 0.754. The third kappa shape index (κ3) is 4.86. The Bertz CT molecular complexity index is 404. The molecule has 0 amide bonds. The number of hydrogen-bond donors (Lipinski definition) is 3. The molecule has 1 unspecified atom stereocenters. The van der Waals surface area contributed by atoms with E-state index in [4.69, 9.17) is 10.2 Å². The van der Waals surface area contributed by atoms with Crippen LogP contribution in [0.25, 0.3) is 0 Å². The van der Waals surface area contributed by atoms with Gasteiger partial charge in [0.2, 0.25) is 0 Å². The molecular formula is C11H12BrNO4. The Morgan fingerprint density at radius 3 is 2.29 bits per heavy atom. The van der Waals surface area contributed by atoms with Gasteiger partial charge in [0, 0.05) is 16.7 Å². The zero-order chi connectivity index (χ0) is 12.8. The van der Waals surface area contributed by atoms with Crippen LogP contribution in [0.5, 0.6) is 0 Å². The quantitative estimate of drug-likeness (QED) is 0.748. The maximum absolute atomic E-state index is 10.8. The summed E-state index contributed by atoms with van der Waals surface area (Å²) in [6.45, 7) is 0.0866. The molecular weight excluding hydrogens is 290 g/mol. The molecule has 0 saturated carbocycles. The summed E-state index contributed by atoms with van der Waals surface area (Å²) < 4.78 is 0.920. The molecule has 5 nitrogen and oxygen atoms in total. The molecule has 0 fully saturated rings. The lowest BCUT2D eigenvalue weighted by molar-refractivity contribution is -0.147. The molecule has 0 aromatic heterocycles. The van der Waals surface area contributed by atoms with Crippen molar-refractivity contribution in [2.45, 2.75) is 6.42 Å². The molecule has 0 heterocycles. The second-order valence-corrected chi connectivity index (χ2v) is 4.44. The molecule has 1 rings (SSSR count). The van der Waals surface area contributed by atoms with Crippen molar-refractivity contribution in [1.29, 1.82) is 0 Å². The lowest BCUT2D eigenvalue weighted by atomic mass is 10.1. The number of carboxylic acid groups (broad SMARTS) is 2. The highest BCUT2D eigenvalue weighted by molar-refractivity contribution is 9.10. The van der Waals surface area contributed by atoms with Crippen molar-refractivity contribution in [3.05, 3.63) is 28.7 Å². The summed E-state index contributed by atoms with van der Waals surface area (Å²) in [5, 5.41) is 20.3. The number of carboxylic acids is 2. The fraction of sp³-hybridized carbons (Fsp3) is 0.273. The first kappa shape index (κ1) is 13.5. The smallest absolute Gasteiger partial charge is 0.308 e. The van der Waals surface area contributed by atoms with Crippen molar-refractivity contribution in [2.75, 3.05) is 11.9 Å². The molecule has 0 saturated heterocycles. The van der Waals surface area contributed by atoms with Gasteiger partial charge in [0.15, 0.2) is 0 Å². The standard InChI is InChI=1S/C11H12BrNO4/c12-8-1-3-9(4-2-8)13-6-7(11(16)17)5-10(14)15/h1-4,7,13H,5-6H2,(H,14,15)(H,16,17). The SMILES string of the molecule is O=C(O)CC(CNc1ccc(Br)cc1)C(=O)O. The van der Waals surface area contributed by atoms with Gasteiger partial charge >= 0.3 is 11.9 Å². The fourth-order valence-corrected chi connectivity index (χ4v) is 1.53. The van der Waals surface area contributed by atoms with Gasteiger partial charge < -0.3 is 15.5 Å². The Morgan fingerprint density at radius 2 is 1.82 bits per heavy atom. The number of benzene rings is 1. The second kappa shape index (κ2) is 6.24. The van der Waals surface area contributed by atoms with Crippen molar-refractivity contribution >= 4 is 33.6 Å². The first-order chi connectivity index (χ1) is 7.99. The number of anilines is 1. The van der Waals surface area contributed by atoms with Crippen LogP contribution in [0.2, 0.25) is 0 Å². The summed E-state index contributed by atoms with van der Waals surface area (Å²) >= 11 is 3.28. The van der Waals surface area contributed by atoms with E-state index in [0.29, 0.717) is 0 Å². The van der Waals surface area contributed by atoms with E-state index in [1.165, 1.54) is 0 Å². The van der Waals surface area contributed by atoms with Gasteiger partial charge in [0.25, 0.3) is 0 Å². The summed E-state index contributed by atoms with van der Waals surface area (Å²) in [4.78, 5) is 21.3. The van der Waals surface area contributed by atoms with Gasteiger partial charge in [-0.15, -0.1) is 0 Å². The first-order valence-corrected chi connectivity index (χ1v) is 5.72. The average molecular weight is 302 g/mol. The van der Waals surface area contributed by atoms with E-state index in [9.17, 15) is 9.59 Å². The third-order valence-electron chi connectivity index (χ3n) is 2.17. The van der Waals surface area contributed by atoms with E-state index in [1.54, 1.807) is 12.1 Å². The van der Waals surface area contributed by atoms with Crippen molar-refractivity contribution < 1.29 is 19.8 Å². The predicted octanol–water partition coefficient (Wildman–Crippen LogP) is 2.04. The second-order valence-electron chi connectivity index (χ2n) is 3.52. The van der Waals surface area contributed by atoms with E-state index in [0.717, 1.165) is 10.2 Å². The van der Waals surface area contributed by atoms with E-state index in [1.807, 2.05) is 12.1 Å². The van der Waals surface area contributed by atoms with Crippen LogP contribution in [0.3, 0.4) is 0 Å². The monoisotopic (exact) mass is 301 g/mol. The highest BCUT2D eigenvalue weighted by atomic mass is 79.9. The van der Waals surface area contributed by atoms with Crippen LogP contribution in [0.15, 0.2) is 28.7 Å². The minimum atomic E-state index is -1.12. The number of nitrogens with one attached hydrogen (secondary N) is 1. The van der Waals surface area contributed by atoms with Crippen LogP contribution < -0.4 is 5.32 Å². The Labute approximate surface area is 107 Å². The zero-order valence-electron chi connectivity index (χ0n) is 8.89. The van der Waals surface area contributed by atoms with Crippen LogP contribution in [0, 0.1) is 5.92 Å². The summed E-state index contributed by atoms with van der Waals surface area (Å²) in [6, 6.07) is 7.19. The number of carbonyl (C=O) groups is 2. The maximum Gasteiger partial charge on any atom is 0.308 e. The van der Waals surface area contributed by atoms with Crippen LogP contribution in [-0.2, 0) is 9.59 Å². The molecule has 1 aromatic rings. The predicted molar refractivity (Wildman–Crippen MR) is 66.0 cm³/mol. The molecule has 1 atom stereocenters. The van der Waals surface area contributed by atoms with Gasteiger partial charge in [0.1, 0.15) is 0 Å². The Kier molecular flexibility index (Phi) is 4.96. The Morgan fingerprint density at radius 1 is 1.24 bits per heavy atom. The van der Waals surface area contributed by atoms with E-state index in [2.05, 4.69) is 21.2 Å². The lowest BCUT2D eigenvalue weighted by Crippen LogP contribution is -2.25. The Balaban J connectivity index is 2.54. The van der Waals surface area contributed by atoms with Crippen LogP contribution in [-0.4, -0.2) is 28.7 Å². The van der Waals surface area contributed by atoms with Gasteiger partial charge in [0.05, 0.1) is 12.3 Å². The molecule has 3 N–H and O–H groups in total. The largest absolute Gasteiger partial charge is 0.481 e. The first-order valence-electron chi connectivity index (χ1n) is 4.93. The van der Waals surface area contributed by atoms with Gasteiger partial charge in [-0.1, -0.05) is 15.9 Å². The van der Waals surface area contributed by atoms with Crippen LogP contribution in [0.4, 0.5) is 5.69 Å². The van der Waals surface area contributed by atoms with Crippen molar-refractivity contribution in [2.24, 2.45) is 5.92 Å². The van der Waals surface area contributed by atoms with Crippen molar-refractivity contribution in [1.82, 2.24) is 0 Å². The van der Waals surface area contributed by atoms with Crippen LogP contribution in [0.1, 0.15) is 6.42 Å². The molecule has 0 bridgehead atoms. The molecule has 0 aliphatic heterocycles. The number of rotatable bonds is 6. The summed E-state index contributed by atoms with van der Waals surface area (Å²) in [6.07, 6.45) is -0.390. The number of aliphatic carboxylic acids is 2. The molecule has 17 heavy (non-hydrogen) atoms. The summed E-state index contributed by atoms with van der Waals surface area (Å²) in [5.74, 6) is -3.16. The highest BCUT2D eigenvalue weighted by Gasteiger charge is 2.20. The normalized spacial score (nSPS) is 11.8. The maximum atomic E-state index is 10.8. The van der Waals surface area contributed by atoms with E-state index >= 15 is 0 Å². The average Bonchev–Trinajstić information content (AvgIpc) is 2.25. The van der Waals surface area contributed by atoms with Crippen molar-refractivity contribution in [3.8, 4) is 0 Å². The highest BCUT2D eigenvalue weighted by Crippen LogP contribution is 2.15. The lowest BCUT2D eigenvalue weighted by Gasteiger charge is -2.12.